The Bertz CT molecular complexity index is 283. The summed E-state index contributed by atoms with van der Waals surface area (Å²) in [5.74, 6) is 1.05. The zero-order valence-electron chi connectivity index (χ0n) is 6.75. The molecule has 0 spiro atoms. The predicted octanol–water partition coefficient (Wildman–Crippen LogP) is 1.47. The minimum absolute atomic E-state index is 0.548. The minimum Gasteiger partial charge on any atom is -0.276 e. The number of aryl methyl sites for hydroxylation is 1. The Kier molecular flexibility index (Phi) is 0.803. The van der Waals surface area contributed by atoms with Crippen LogP contribution in [0.15, 0.2) is 12.3 Å². The number of rotatable bonds is 1. The third kappa shape index (κ3) is 0.561. The van der Waals surface area contributed by atoms with Crippen LogP contribution in [-0.2, 0) is 12.5 Å². The summed E-state index contributed by atoms with van der Waals surface area (Å²) in [7, 11) is 1.99. The molecule has 0 radical (unpaired) electrons. The Labute approximate surface area is 66.2 Å². The molecule has 4 rings (SSSR count). The second kappa shape index (κ2) is 1.52. The van der Waals surface area contributed by atoms with Gasteiger partial charge in [0.25, 0.3) is 0 Å². The quantitative estimate of drug-likeness (QED) is 0.589. The first-order valence-corrected chi connectivity index (χ1v) is 4.29. The zero-order valence-corrected chi connectivity index (χ0v) is 6.75. The van der Waals surface area contributed by atoms with Gasteiger partial charge in [0.05, 0.1) is 5.69 Å². The molecular weight excluding hydrogens is 136 g/mol. The lowest BCUT2D eigenvalue weighted by Gasteiger charge is -2.61. The molecule has 0 amide bonds. The van der Waals surface area contributed by atoms with Gasteiger partial charge >= 0.3 is 0 Å². The van der Waals surface area contributed by atoms with E-state index in [1.807, 2.05) is 11.7 Å². The standard InChI is InChI=1S/C9H12N2/c1-11-3-2-8(10-11)9-4-7(5-9)6-9/h2-3,7H,4-6H2,1H3. The molecular formula is C9H12N2. The van der Waals surface area contributed by atoms with E-state index in [2.05, 4.69) is 17.4 Å². The van der Waals surface area contributed by atoms with Crippen molar-refractivity contribution in [1.29, 1.82) is 0 Å². The Balaban J connectivity index is 1.99. The van der Waals surface area contributed by atoms with Crippen LogP contribution >= 0.6 is 0 Å². The van der Waals surface area contributed by atoms with Gasteiger partial charge in [-0.05, 0) is 31.2 Å². The third-order valence-corrected chi connectivity index (χ3v) is 3.30. The number of aromatic nitrogens is 2. The normalized spacial score (nSPS) is 39.5. The van der Waals surface area contributed by atoms with E-state index >= 15 is 0 Å². The maximum Gasteiger partial charge on any atom is 0.0686 e. The predicted molar refractivity (Wildman–Crippen MR) is 42.2 cm³/mol. The third-order valence-electron chi connectivity index (χ3n) is 3.30. The van der Waals surface area contributed by atoms with Crippen molar-refractivity contribution in [2.45, 2.75) is 24.7 Å². The summed E-state index contributed by atoms with van der Waals surface area (Å²) in [6.45, 7) is 0. The van der Waals surface area contributed by atoms with E-state index in [1.54, 1.807) is 0 Å². The first kappa shape index (κ1) is 5.81. The highest BCUT2D eigenvalue weighted by Crippen LogP contribution is 2.64. The smallest absolute Gasteiger partial charge is 0.0686 e. The van der Waals surface area contributed by atoms with Crippen LogP contribution in [0.3, 0.4) is 0 Å². The molecule has 0 saturated heterocycles. The van der Waals surface area contributed by atoms with Gasteiger partial charge in [-0.15, -0.1) is 0 Å². The molecule has 2 bridgehead atoms. The van der Waals surface area contributed by atoms with Crippen LogP contribution in [0.2, 0.25) is 0 Å². The van der Waals surface area contributed by atoms with E-state index in [0.29, 0.717) is 5.41 Å². The summed E-state index contributed by atoms with van der Waals surface area (Å²) >= 11 is 0. The maximum atomic E-state index is 4.46. The van der Waals surface area contributed by atoms with Gasteiger partial charge in [0.2, 0.25) is 0 Å². The largest absolute Gasteiger partial charge is 0.276 e. The van der Waals surface area contributed by atoms with Crippen LogP contribution in [0.1, 0.15) is 25.0 Å². The average Bonchev–Trinajstić information content (AvgIpc) is 2.06. The minimum atomic E-state index is 0.548. The molecule has 11 heavy (non-hydrogen) atoms. The monoisotopic (exact) mass is 148 g/mol. The second-order valence-corrected chi connectivity index (χ2v) is 4.13. The van der Waals surface area contributed by atoms with Crippen LogP contribution in [0.5, 0.6) is 0 Å². The van der Waals surface area contributed by atoms with Gasteiger partial charge in [0.1, 0.15) is 0 Å². The fourth-order valence-electron chi connectivity index (χ4n) is 2.49. The van der Waals surface area contributed by atoms with Crippen LogP contribution in [-0.4, -0.2) is 9.78 Å². The summed E-state index contributed by atoms with van der Waals surface area (Å²) in [6.07, 6.45) is 6.27. The molecule has 0 aromatic carbocycles. The van der Waals surface area contributed by atoms with Gasteiger partial charge in [-0.25, -0.2) is 0 Å². The molecule has 3 aliphatic carbocycles. The van der Waals surface area contributed by atoms with Crippen molar-refractivity contribution < 1.29 is 0 Å². The fraction of sp³-hybridized carbons (Fsp3) is 0.667. The maximum absolute atomic E-state index is 4.46. The van der Waals surface area contributed by atoms with Crippen molar-refractivity contribution in [3.63, 3.8) is 0 Å². The summed E-state index contributed by atoms with van der Waals surface area (Å²) in [4.78, 5) is 0. The van der Waals surface area contributed by atoms with Crippen molar-refractivity contribution >= 4 is 0 Å². The molecule has 1 aromatic rings. The van der Waals surface area contributed by atoms with Crippen molar-refractivity contribution in [3.05, 3.63) is 18.0 Å². The first-order valence-electron chi connectivity index (χ1n) is 4.29. The van der Waals surface area contributed by atoms with Gasteiger partial charge in [-0.3, -0.25) is 4.68 Å². The molecule has 0 unspecified atom stereocenters. The van der Waals surface area contributed by atoms with E-state index in [9.17, 15) is 0 Å². The van der Waals surface area contributed by atoms with Gasteiger partial charge in [-0.1, -0.05) is 0 Å². The molecule has 0 aliphatic heterocycles. The Morgan fingerprint density at radius 3 is 2.64 bits per heavy atom. The summed E-state index contributed by atoms with van der Waals surface area (Å²) < 4.78 is 1.91. The number of nitrogens with zero attached hydrogens (tertiary/aromatic N) is 2. The highest BCUT2D eigenvalue weighted by molar-refractivity contribution is 5.28. The van der Waals surface area contributed by atoms with Crippen molar-refractivity contribution in [2.75, 3.05) is 0 Å². The lowest BCUT2D eigenvalue weighted by molar-refractivity contribution is -0.0312. The Morgan fingerprint density at radius 1 is 1.55 bits per heavy atom. The van der Waals surface area contributed by atoms with Crippen LogP contribution in [0.25, 0.3) is 0 Å². The first-order chi connectivity index (χ1) is 5.28. The molecule has 0 atom stereocenters. The topological polar surface area (TPSA) is 17.8 Å². The molecule has 3 aliphatic rings. The average molecular weight is 148 g/mol. The lowest BCUT2D eigenvalue weighted by atomic mass is 9.43. The summed E-state index contributed by atoms with van der Waals surface area (Å²) in [6, 6.07) is 2.18. The zero-order chi connectivity index (χ0) is 7.47. The van der Waals surface area contributed by atoms with E-state index in [0.717, 1.165) is 5.92 Å². The van der Waals surface area contributed by atoms with Crippen LogP contribution < -0.4 is 0 Å². The molecule has 0 N–H and O–H groups in total. The molecule has 1 heterocycles. The molecule has 2 heteroatoms. The molecule has 3 fully saturated rings. The summed E-state index contributed by atoms with van der Waals surface area (Å²) in [5, 5.41) is 4.46. The van der Waals surface area contributed by atoms with Gasteiger partial charge in [-0.2, -0.15) is 5.10 Å². The Morgan fingerprint density at radius 2 is 2.27 bits per heavy atom. The van der Waals surface area contributed by atoms with E-state index in [4.69, 9.17) is 0 Å². The number of hydrogen-bond donors (Lipinski definition) is 0. The van der Waals surface area contributed by atoms with Gasteiger partial charge in [0.15, 0.2) is 0 Å². The lowest BCUT2D eigenvalue weighted by Crippen LogP contribution is -2.55. The van der Waals surface area contributed by atoms with E-state index in [1.165, 1.54) is 25.0 Å². The van der Waals surface area contributed by atoms with Crippen LogP contribution in [0, 0.1) is 5.92 Å². The van der Waals surface area contributed by atoms with Crippen LogP contribution in [0.4, 0.5) is 0 Å². The van der Waals surface area contributed by atoms with Gasteiger partial charge in [0, 0.05) is 18.7 Å². The highest BCUT2D eigenvalue weighted by atomic mass is 15.3. The second-order valence-electron chi connectivity index (χ2n) is 4.13. The molecule has 2 nitrogen and oxygen atoms in total. The molecule has 3 saturated carbocycles. The van der Waals surface area contributed by atoms with Gasteiger partial charge < -0.3 is 0 Å². The number of hydrogen-bond acceptors (Lipinski definition) is 1. The highest BCUT2D eigenvalue weighted by Gasteiger charge is 2.58. The van der Waals surface area contributed by atoms with Crippen molar-refractivity contribution in [3.8, 4) is 0 Å². The summed E-state index contributed by atoms with van der Waals surface area (Å²) in [5.41, 5.74) is 1.88. The van der Waals surface area contributed by atoms with Crippen molar-refractivity contribution in [1.82, 2.24) is 9.78 Å². The SMILES string of the molecule is Cn1ccc(C23CC(C2)C3)n1. The Hall–Kier alpha value is -0.790. The fourth-order valence-corrected chi connectivity index (χ4v) is 2.49. The van der Waals surface area contributed by atoms with Crippen molar-refractivity contribution in [2.24, 2.45) is 13.0 Å². The van der Waals surface area contributed by atoms with E-state index < -0.39 is 0 Å². The van der Waals surface area contributed by atoms with E-state index in [-0.39, 0.29) is 0 Å². The molecule has 1 aromatic heterocycles. The molecule has 58 valence electrons.